The van der Waals surface area contributed by atoms with Gasteiger partial charge in [0.2, 0.25) is 5.91 Å². The maximum Gasteiger partial charge on any atom is 0.220 e. The molecular weight excluding hydrogens is 398 g/mol. The molecule has 1 amide bonds. The molecule has 0 saturated heterocycles. The van der Waals surface area contributed by atoms with Crippen LogP contribution < -0.4 is 5.32 Å². The molecule has 0 aliphatic rings. The van der Waals surface area contributed by atoms with Crippen LogP contribution in [0.5, 0.6) is 11.5 Å². The average molecular weight is 438 g/mol. The van der Waals surface area contributed by atoms with Gasteiger partial charge in [-0.05, 0) is 62.6 Å². The molecule has 0 spiro atoms. The van der Waals surface area contributed by atoms with Gasteiger partial charge in [0.05, 0.1) is 0 Å². The fraction of sp³-hybridized carbons (Fsp3) is 0.393. The number of rotatable bonds is 16. The molecule has 0 atom stereocenters. The summed E-state index contributed by atoms with van der Waals surface area (Å²) in [6, 6.07) is 4.71. The zero-order valence-corrected chi connectivity index (χ0v) is 19.4. The molecule has 0 aliphatic heterocycles. The molecule has 1 rings (SSSR count). The third kappa shape index (κ3) is 14.9. The van der Waals surface area contributed by atoms with Gasteiger partial charge in [-0.2, -0.15) is 0 Å². The number of carbonyl (C=O) groups is 1. The van der Waals surface area contributed by atoms with Gasteiger partial charge in [-0.3, -0.25) is 4.79 Å². The summed E-state index contributed by atoms with van der Waals surface area (Å²) in [6.07, 6.45) is 29.6. The molecule has 174 valence electrons. The van der Waals surface area contributed by atoms with E-state index in [9.17, 15) is 15.0 Å². The number of aromatic hydroxyl groups is 2. The van der Waals surface area contributed by atoms with Crippen LogP contribution in [0.3, 0.4) is 0 Å². The maximum atomic E-state index is 11.9. The van der Waals surface area contributed by atoms with Crippen molar-refractivity contribution in [3.05, 3.63) is 84.5 Å². The highest BCUT2D eigenvalue weighted by Crippen LogP contribution is 2.24. The Morgan fingerprint density at radius 3 is 2.12 bits per heavy atom. The van der Waals surface area contributed by atoms with Gasteiger partial charge in [-0.25, -0.2) is 0 Å². The second-order valence-electron chi connectivity index (χ2n) is 7.58. The van der Waals surface area contributed by atoms with Crippen LogP contribution in [0, 0.1) is 0 Å². The highest BCUT2D eigenvalue weighted by molar-refractivity contribution is 5.75. The largest absolute Gasteiger partial charge is 0.504 e. The van der Waals surface area contributed by atoms with Crippen molar-refractivity contribution in [2.24, 2.45) is 0 Å². The molecule has 32 heavy (non-hydrogen) atoms. The molecule has 1 aromatic rings. The van der Waals surface area contributed by atoms with Gasteiger partial charge in [0, 0.05) is 13.0 Å². The first-order chi connectivity index (χ1) is 15.6. The second-order valence-corrected chi connectivity index (χ2v) is 7.58. The van der Waals surface area contributed by atoms with Crippen LogP contribution in [0.15, 0.2) is 79.0 Å². The van der Waals surface area contributed by atoms with Crippen molar-refractivity contribution < 1.29 is 15.0 Å². The molecule has 0 unspecified atom stereocenters. The van der Waals surface area contributed by atoms with Crippen molar-refractivity contribution in [1.29, 1.82) is 0 Å². The summed E-state index contributed by atoms with van der Waals surface area (Å²) in [6.45, 7) is 2.71. The first-order valence-electron chi connectivity index (χ1n) is 11.7. The number of phenols is 2. The van der Waals surface area contributed by atoms with Gasteiger partial charge >= 0.3 is 0 Å². The van der Waals surface area contributed by atoms with Crippen LogP contribution in [0.2, 0.25) is 0 Å². The van der Waals surface area contributed by atoms with E-state index in [4.69, 9.17) is 0 Å². The summed E-state index contributed by atoms with van der Waals surface area (Å²) in [5.41, 5.74) is 0.873. The Labute approximate surface area is 193 Å². The van der Waals surface area contributed by atoms with Crippen LogP contribution in [0.25, 0.3) is 0 Å². The molecule has 0 radical (unpaired) electrons. The molecule has 4 heteroatoms. The quantitative estimate of drug-likeness (QED) is 0.117. The van der Waals surface area contributed by atoms with Gasteiger partial charge in [0.1, 0.15) is 0 Å². The molecule has 0 heterocycles. The van der Waals surface area contributed by atoms with Gasteiger partial charge in [-0.1, -0.05) is 80.2 Å². The number of benzene rings is 1. The van der Waals surface area contributed by atoms with Gasteiger partial charge in [-0.15, -0.1) is 0 Å². The normalized spacial score (nSPS) is 12.3. The lowest BCUT2D eigenvalue weighted by Gasteiger charge is -2.06. The Hall–Kier alpha value is -3.01. The van der Waals surface area contributed by atoms with E-state index in [2.05, 4.69) is 73.0 Å². The summed E-state index contributed by atoms with van der Waals surface area (Å²) in [5.74, 6) is -0.227. The molecule has 0 aliphatic carbocycles. The first kappa shape index (κ1) is 27.0. The minimum atomic E-state index is -0.134. The van der Waals surface area contributed by atoms with E-state index in [1.807, 2.05) is 0 Å². The SMILES string of the molecule is CCC/C=C\C/C=C\C/C=C\C=C/C/C=C\CCCC(=O)NCCc1ccc(O)c(O)c1. The lowest BCUT2D eigenvalue weighted by atomic mass is 10.1. The highest BCUT2D eigenvalue weighted by atomic mass is 16.3. The van der Waals surface area contributed by atoms with Crippen molar-refractivity contribution in [3.63, 3.8) is 0 Å². The van der Waals surface area contributed by atoms with E-state index >= 15 is 0 Å². The summed E-state index contributed by atoms with van der Waals surface area (Å²) in [7, 11) is 0. The Balaban J connectivity index is 2.00. The van der Waals surface area contributed by atoms with E-state index in [1.165, 1.54) is 25.0 Å². The third-order valence-corrected chi connectivity index (χ3v) is 4.71. The Morgan fingerprint density at radius 1 is 0.844 bits per heavy atom. The topological polar surface area (TPSA) is 69.6 Å². The number of nitrogens with one attached hydrogen (secondary N) is 1. The van der Waals surface area contributed by atoms with Crippen molar-refractivity contribution in [1.82, 2.24) is 5.32 Å². The lowest BCUT2D eigenvalue weighted by molar-refractivity contribution is -0.121. The number of carbonyl (C=O) groups excluding carboxylic acids is 1. The van der Waals surface area contributed by atoms with E-state index in [0.717, 1.165) is 37.7 Å². The molecule has 4 nitrogen and oxygen atoms in total. The third-order valence-electron chi connectivity index (χ3n) is 4.71. The van der Waals surface area contributed by atoms with Crippen molar-refractivity contribution in [2.45, 2.75) is 64.7 Å². The number of unbranched alkanes of at least 4 members (excludes halogenated alkanes) is 2. The van der Waals surface area contributed by atoms with Crippen LogP contribution in [0.1, 0.15) is 63.9 Å². The molecule has 3 N–H and O–H groups in total. The molecular formula is C28H39NO3. The standard InChI is InChI=1S/C28H39NO3/c1-2-3-4-5-6-7-8-9-10-11-12-13-14-15-16-17-18-19-28(32)29-23-22-25-20-21-26(30)27(31)24-25/h4-5,7-8,10-13,15-16,20-21,24,30-31H,2-3,6,9,14,17-19,22-23H2,1H3,(H,29,32)/b5-4-,8-7-,11-10-,13-12-,16-15-. The van der Waals surface area contributed by atoms with Crippen LogP contribution in [0.4, 0.5) is 0 Å². The minimum absolute atomic E-state index is 0.0393. The Morgan fingerprint density at radius 2 is 1.47 bits per heavy atom. The number of amides is 1. The Bertz CT molecular complexity index is 788. The number of phenolic OH excluding ortho intramolecular Hbond substituents is 2. The van der Waals surface area contributed by atoms with Crippen LogP contribution in [-0.4, -0.2) is 22.7 Å². The van der Waals surface area contributed by atoms with Crippen LogP contribution >= 0.6 is 0 Å². The van der Waals surface area contributed by atoms with Crippen LogP contribution in [-0.2, 0) is 11.2 Å². The van der Waals surface area contributed by atoms with E-state index in [1.54, 1.807) is 6.07 Å². The summed E-state index contributed by atoms with van der Waals surface area (Å²) in [5, 5.41) is 21.7. The molecule has 1 aromatic carbocycles. The molecule has 0 saturated carbocycles. The lowest BCUT2D eigenvalue weighted by Crippen LogP contribution is -2.25. The zero-order valence-electron chi connectivity index (χ0n) is 19.4. The predicted molar refractivity (Wildman–Crippen MR) is 135 cm³/mol. The summed E-state index contributed by atoms with van der Waals surface area (Å²) in [4.78, 5) is 11.9. The van der Waals surface area contributed by atoms with E-state index < -0.39 is 0 Å². The smallest absolute Gasteiger partial charge is 0.220 e. The molecule has 0 fully saturated rings. The van der Waals surface area contributed by atoms with Crippen molar-refractivity contribution >= 4 is 5.91 Å². The van der Waals surface area contributed by atoms with E-state index in [0.29, 0.717) is 19.4 Å². The fourth-order valence-electron chi connectivity index (χ4n) is 2.88. The second kappa shape index (κ2) is 18.7. The summed E-state index contributed by atoms with van der Waals surface area (Å²) >= 11 is 0. The predicted octanol–water partition coefficient (Wildman–Crippen LogP) is 6.68. The van der Waals surface area contributed by atoms with Crippen molar-refractivity contribution in [3.8, 4) is 11.5 Å². The number of allylic oxidation sites excluding steroid dienone is 10. The maximum absolute atomic E-state index is 11.9. The summed E-state index contributed by atoms with van der Waals surface area (Å²) < 4.78 is 0. The van der Waals surface area contributed by atoms with Gasteiger partial charge < -0.3 is 15.5 Å². The number of hydrogen-bond donors (Lipinski definition) is 3. The minimum Gasteiger partial charge on any atom is -0.504 e. The molecule has 0 aromatic heterocycles. The Kier molecular flexibility index (Phi) is 15.8. The monoisotopic (exact) mass is 437 g/mol. The van der Waals surface area contributed by atoms with Gasteiger partial charge in [0.25, 0.3) is 0 Å². The fourth-order valence-corrected chi connectivity index (χ4v) is 2.88. The van der Waals surface area contributed by atoms with Gasteiger partial charge in [0.15, 0.2) is 11.5 Å². The van der Waals surface area contributed by atoms with E-state index in [-0.39, 0.29) is 17.4 Å². The zero-order chi connectivity index (χ0) is 23.3. The van der Waals surface area contributed by atoms with Crippen molar-refractivity contribution in [2.75, 3.05) is 6.54 Å². The number of hydrogen-bond acceptors (Lipinski definition) is 3. The average Bonchev–Trinajstić information content (AvgIpc) is 2.78. The highest BCUT2D eigenvalue weighted by Gasteiger charge is 2.03. The molecule has 0 bridgehead atoms. The first-order valence-corrected chi connectivity index (χ1v) is 11.7.